The first kappa shape index (κ1) is 14.6. The number of carbonyl (C=O) groups excluding carboxylic acids is 1. The third-order valence-electron chi connectivity index (χ3n) is 2.14. The van der Waals surface area contributed by atoms with Gasteiger partial charge in [-0.3, -0.25) is 4.79 Å². The van der Waals surface area contributed by atoms with Crippen molar-refractivity contribution in [3.8, 4) is 11.5 Å². The monoisotopic (exact) mass is 249 g/mol. The molecule has 0 unspecified atom stereocenters. The minimum absolute atomic E-state index is 0.284. The maximum absolute atomic E-state index is 11.0. The number of carbonyl (C=O) groups is 1. The zero-order valence-electron chi connectivity index (χ0n) is 12.0. The van der Waals surface area contributed by atoms with Crippen molar-refractivity contribution in [3.05, 3.63) is 29.7 Å². The molecule has 0 amide bonds. The van der Waals surface area contributed by atoms with Crippen LogP contribution >= 0.6 is 0 Å². The molecule has 1 aromatic carbocycles. The van der Waals surface area contributed by atoms with Crippen LogP contribution in [0.3, 0.4) is 0 Å². The zero-order chi connectivity index (χ0) is 13.9. The van der Waals surface area contributed by atoms with Crippen molar-refractivity contribution in [1.29, 1.82) is 0 Å². The van der Waals surface area contributed by atoms with Crippen LogP contribution in [0.15, 0.2) is 18.2 Å². The van der Waals surface area contributed by atoms with E-state index in [1.807, 2.05) is 46.8 Å². The fraction of sp³-hybridized carbons (Fsp3) is 0.467. The highest BCUT2D eigenvalue weighted by Crippen LogP contribution is 2.29. The van der Waals surface area contributed by atoms with E-state index in [1.54, 1.807) is 6.07 Å². The zero-order valence-corrected chi connectivity index (χ0v) is 12.0. The van der Waals surface area contributed by atoms with Gasteiger partial charge in [0, 0.05) is 13.0 Å². The quantitative estimate of drug-likeness (QED) is 0.604. The summed E-state index contributed by atoms with van der Waals surface area (Å²) in [5, 5.41) is 0. The van der Waals surface area contributed by atoms with Crippen LogP contribution in [-0.4, -0.2) is 11.6 Å². The predicted molar refractivity (Wildman–Crippen MR) is 71.8 cm³/mol. The Bertz CT molecular complexity index is 428. The van der Waals surface area contributed by atoms with Crippen molar-refractivity contribution in [3.63, 3.8) is 0 Å². The number of ether oxygens (including phenoxy) is 2. The van der Waals surface area contributed by atoms with Crippen LogP contribution in [0.5, 0.6) is 11.5 Å². The van der Waals surface area contributed by atoms with Gasteiger partial charge in [-0.05, 0) is 44.4 Å². The highest BCUT2D eigenvalue weighted by atomic mass is 16.5. The second-order valence-corrected chi connectivity index (χ2v) is 5.50. The van der Waals surface area contributed by atoms with Crippen molar-refractivity contribution in [1.82, 2.24) is 0 Å². The summed E-state index contributed by atoms with van der Waals surface area (Å²) in [6, 6.07) is 5.53. The van der Waals surface area contributed by atoms with Crippen LogP contribution in [0.2, 0.25) is 0 Å². The highest BCUT2D eigenvalue weighted by Gasteiger charge is 2.14. The van der Waals surface area contributed by atoms with Gasteiger partial charge >= 0.3 is 5.97 Å². The average molecular weight is 249 g/mol. The van der Waals surface area contributed by atoms with Crippen LogP contribution in [0.25, 0.3) is 0 Å². The van der Waals surface area contributed by atoms with Crippen molar-refractivity contribution in [2.24, 2.45) is 0 Å². The summed E-state index contributed by atoms with van der Waals surface area (Å²) in [5.41, 5.74) is 0.723. The molecule has 18 heavy (non-hydrogen) atoms. The molecule has 0 heterocycles. The molecule has 1 aromatic rings. The summed E-state index contributed by atoms with van der Waals surface area (Å²) in [6.07, 6.45) is 0. The van der Waals surface area contributed by atoms with E-state index in [4.69, 9.17) is 9.47 Å². The van der Waals surface area contributed by atoms with Crippen LogP contribution in [0.1, 0.15) is 47.1 Å². The van der Waals surface area contributed by atoms with E-state index in [9.17, 15) is 4.79 Å². The Hall–Kier alpha value is -1.51. The van der Waals surface area contributed by atoms with Gasteiger partial charge in [-0.1, -0.05) is 13.8 Å². The molecule has 1 radical (unpaired) electrons. The maximum atomic E-state index is 11.0. The van der Waals surface area contributed by atoms with E-state index >= 15 is 0 Å². The molecule has 0 aliphatic rings. The van der Waals surface area contributed by atoms with E-state index in [0.717, 1.165) is 11.5 Å². The number of hydrogen-bond donors (Lipinski definition) is 0. The number of hydrogen-bond acceptors (Lipinski definition) is 3. The molecule has 0 N–H and O–H groups in total. The lowest BCUT2D eigenvalue weighted by atomic mass is 10.0. The summed E-state index contributed by atoms with van der Waals surface area (Å²) in [7, 11) is 0. The topological polar surface area (TPSA) is 35.5 Å². The normalized spacial score (nSPS) is 11.5. The van der Waals surface area contributed by atoms with Gasteiger partial charge in [-0.25, -0.2) is 0 Å². The number of esters is 1. The highest BCUT2D eigenvalue weighted by molar-refractivity contribution is 5.69. The number of benzene rings is 1. The van der Waals surface area contributed by atoms with Gasteiger partial charge in [0.15, 0.2) is 0 Å². The lowest BCUT2D eigenvalue weighted by Gasteiger charge is -2.22. The molecule has 0 atom stereocenters. The van der Waals surface area contributed by atoms with Crippen molar-refractivity contribution >= 4 is 5.97 Å². The summed E-state index contributed by atoms with van der Waals surface area (Å²) in [6.45, 7) is 11.3. The van der Waals surface area contributed by atoms with Gasteiger partial charge in [0.2, 0.25) is 0 Å². The summed E-state index contributed by atoms with van der Waals surface area (Å²) in [5.74, 6) is 2.03. The van der Waals surface area contributed by atoms with Gasteiger partial charge in [0.25, 0.3) is 0 Å². The molecule has 0 saturated carbocycles. The predicted octanol–water partition coefficient (Wildman–Crippen LogP) is 3.75. The minimum atomic E-state index is -0.331. The Kier molecular flexibility index (Phi) is 4.38. The Morgan fingerprint density at radius 2 is 1.56 bits per heavy atom. The molecule has 0 aliphatic heterocycles. The van der Waals surface area contributed by atoms with Gasteiger partial charge < -0.3 is 9.47 Å². The molecule has 0 bridgehead atoms. The molecule has 1 rings (SSSR count). The molecule has 0 aliphatic carbocycles. The fourth-order valence-electron chi connectivity index (χ4n) is 1.50. The first-order chi connectivity index (χ1) is 8.17. The Labute approximate surface area is 109 Å². The third-order valence-corrected chi connectivity index (χ3v) is 2.14. The van der Waals surface area contributed by atoms with Crippen LogP contribution < -0.4 is 9.47 Å². The first-order valence-electron chi connectivity index (χ1n) is 6.00. The largest absolute Gasteiger partial charge is 0.488 e. The lowest BCUT2D eigenvalue weighted by molar-refractivity contribution is -0.131. The van der Waals surface area contributed by atoms with Crippen molar-refractivity contribution in [2.75, 3.05) is 0 Å². The van der Waals surface area contributed by atoms with Crippen molar-refractivity contribution in [2.45, 2.75) is 47.1 Å². The standard InChI is InChI=1S/C15H21O3/c1-10(2)12-7-13(17-11(3)16)9-14(8-12)18-15(4,5)6/h7-9H,1-6H3. The SMILES string of the molecule is C[C](C)c1cc(OC(C)=O)cc(OC(C)(C)C)c1. The van der Waals surface area contributed by atoms with Crippen LogP contribution in [-0.2, 0) is 4.79 Å². The van der Waals surface area contributed by atoms with Gasteiger partial charge in [-0.2, -0.15) is 0 Å². The first-order valence-corrected chi connectivity index (χ1v) is 6.00. The van der Waals surface area contributed by atoms with E-state index in [1.165, 1.54) is 6.92 Å². The molecule has 3 heteroatoms. The van der Waals surface area contributed by atoms with E-state index in [2.05, 4.69) is 0 Å². The molecule has 0 spiro atoms. The molecule has 99 valence electrons. The minimum Gasteiger partial charge on any atom is -0.488 e. The third kappa shape index (κ3) is 4.78. The van der Waals surface area contributed by atoms with E-state index < -0.39 is 0 Å². The van der Waals surface area contributed by atoms with Gasteiger partial charge in [0.05, 0.1) is 0 Å². The van der Waals surface area contributed by atoms with Gasteiger partial charge in [-0.15, -0.1) is 0 Å². The summed E-state index contributed by atoms with van der Waals surface area (Å²) < 4.78 is 10.9. The summed E-state index contributed by atoms with van der Waals surface area (Å²) >= 11 is 0. The fourth-order valence-corrected chi connectivity index (χ4v) is 1.50. The van der Waals surface area contributed by atoms with E-state index in [0.29, 0.717) is 11.5 Å². The molecule has 0 fully saturated rings. The molecular formula is C15H21O3. The Balaban J connectivity index is 3.09. The van der Waals surface area contributed by atoms with Crippen molar-refractivity contribution < 1.29 is 14.3 Å². The van der Waals surface area contributed by atoms with Gasteiger partial charge in [0.1, 0.15) is 17.1 Å². The Morgan fingerprint density at radius 3 is 2.00 bits per heavy atom. The van der Waals surface area contributed by atoms with E-state index in [-0.39, 0.29) is 11.6 Å². The average Bonchev–Trinajstić information content (AvgIpc) is 2.12. The smallest absolute Gasteiger partial charge is 0.308 e. The maximum Gasteiger partial charge on any atom is 0.308 e. The molecular weight excluding hydrogens is 228 g/mol. The van der Waals surface area contributed by atoms with Crippen LogP contribution in [0, 0.1) is 5.92 Å². The Morgan fingerprint density at radius 1 is 1.00 bits per heavy atom. The second-order valence-electron chi connectivity index (χ2n) is 5.50. The molecule has 0 saturated heterocycles. The lowest BCUT2D eigenvalue weighted by Crippen LogP contribution is -2.23. The summed E-state index contributed by atoms with van der Waals surface area (Å²) in [4.78, 5) is 11.0. The second kappa shape index (κ2) is 5.42. The molecule has 3 nitrogen and oxygen atoms in total. The van der Waals surface area contributed by atoms with Crippen LogP contribution in [0.4, 0.5) is 0 Å². The molecule has 0 aromatic heterocycles. The number of rotatable bonds is 3.